The molecule has 4 unspecified atom stereocenters. The lowest BCUT2D eigenvalue weighted by molar-refractivity contribution is -0.161. The van der Waals surface area contributed by atoms with Crippen molar-refractivity contribution in [2.24, 2.45) is 17.8 Å². The molecule has 0 aromatic heterocycles. The molecule has 0 aromatic rings. The van der Waals surface area contributed by atoms with Gasteiger partial charge in [0.15, 0.2) is 12.2 Å². The van der Waals surface area contributed by atoms with Crippen LogP contribution >= 0.6 is 15.6 Å². The molecule has 0 heterocycles. The number of aliphatic hydroxyl groups excluding tert-OH is 1. The first kappa shape index (κ1) is 85.5. The average Bonchev–Trinajstić information content (AvgIpc) is 3.70. The van der Waals surface area contributed by atoms with Gasteiger partial charge in [-0.3, -0.25) is 37.3 Å². The number of ether oxygens (including phenoxy) is 4. The largest absolute Gasteiger partial charge is 0.472 e. The first-order valence-corrected chi connectivity index (χ1v) is 38.2. The van der Waals surface area contributed by atoms with Crippen LogP contribution in [0.5, 0.6) is 0 Å². The quantitative estimate of drug-likeness (QED) is 0.0169. The Morgan fingerprint density at radius 3 is 1.01 bits per heavy atom. The third-order valence-corrected chi connectivity index (χ3v) is 17.9. The summed E-state index contributed by atoms with van der Waals surface area (Å²) in [4.78, 5) is 72.4. The van der Waals surface area contributed by atoms with Crippen molar-refractivity contribution < 1.29 is 80.2 Å². The van der Waals surface area contributed by atoms with Crippen molar-refractivity contribution in [2.45, 2.75) is 336 Å². The van der Waals surface area contributed by atoms with Crippen LogP contribution < -0.4 is 0 Å². The Balaban J connectivity index is 5.26. The van der Waals surface area contributed by atoms with Gasteiger partial charge < -0.3 is 33.8 Å². The molecule has 0 rings (SSSR count). The maximum Gasteiger partial charge on any atom is 0.472 e. The molecule has 0 bridgehead atoms. The molecule has 518 valence electrons. The summed E-state index contributed by atoms with van der Waals surface area (Å²) in [6.45, 7) is 11.7. The lowest BCUT2D eigenvalue weighted by atomic mass is 9.99. The monoisotopic (exact) mass is 1290 g/mol. The second-order valence-corrected chi connectivity index (χ2v) is 28.1. The molecule has 0 fully saturated rings. The van der Waals surface area contributed by atoms with E-state index in [9.17, 15) is 43.2 Å². The van der Waals surface area contributed by atoms with Gasteiger partial charge in [0.2, 0.25) is 0 Å². The Hall–Kier alpha value is -2.46. The highest BCUT2D eigenvalue weighted by atomic mass is 31.2. The van der Waals surface area contributed by atoms with Crippen molar-refractivity contribution in [1.29, 1.82) is 0 Å². The van der Waals surface area contributed by atoms with Gasteiger partial charge in [0.25, 0.3) is 0 Å². The second kappa shape index (κ2) is 59.5. The summed E-state index contributed by atoms with van der Waals surface area (Å²) >= 11 is 0. The van der Waals surface area contributed by atoms with Gasteiger partial charge in [-0.2, -0.15) is 0 Å². The number of esters is 4. The van der Waals surface area contributed by atoms with Gasteiger partial charge in [-0.1, -0.05) is 265 Å². The van der Waals surface area contributed by atoms with Crippen LogP contribution in [0.3, 0.4) is 0 Å². The molecule has 0 amide bonds. The molecule has 0 aromatic carbocycles. The Morgan fingerprint density at radius 1 is 0.375 bits per heavy atom. The molecule has 0 radical (unpaired) electrons. The summed E-state index contributed by atoms with van der Waals surface area (Å²) in [5.74, 6) is 0.0321. The molecule has 19 heteroatoms. The molecule has 0 aliphatic carbocycles. The summed E-state index contributed by atoms with van der Waals surface area (Å²) in [7, 11) is -9.91. The molecule has 0 saturated carbocycles. The summed E-state index contributed by atoms with van der Waals surface area (Å²) in [6.07, 6.45) is 45.4. The third kappa shape index (κ3) is 59.8. The Kier molecular flexibility index (Phi) is 57.9. The summed E-state index contributed by atoms with van der Waals surface area (Å²) in [5.41, 5.74) is 0. The van der Waals surface area contributed by atoms with Crippen molar-refractivity contribution in [1.82, 2.24) is 0 Å². The zero-order valence-electron chi connectivity index (χ0n) is 56.7. The summed E-state index contributed by atoms with van der Waals surface area (Å²) < 4.78 is 68.1. The van der Waals surface area contributed by atoms with E-state index in [0.717, 1.165) is 121 Å². The van der Waals surface area contributed by atoms with E-state index in [1.165, 1.54) is 103 Å². The van der Waals surface area contributed by atoms with Crippen molar-refractivity contribution in [2.75, 3.05) is 39.6 Å². The summed E-state index contributed by atoms with van der Waals surface area (Å²) in [6, 6.07) is 0. The van der Waals surface area contributed by atoms with Crippen LogP contribution in [0.25, 0.3) is 0 Å². The fourth-order valence-electron chi connectivity index (χ4n) is 9.76. The van der Waals surface area contributed by atoms with E-state index < -0.39 is 97.5 Å². The van der Waals surface area contributed by atoms with Crippen molar-refractivity contribution >= 4 is 39.5 Å². The first-order chi connectivity index (χ1) is 42.3. The molecule has 3 N–H and O–H groups in total. The average molecular weight is 1290 g/mol. The van der Waals surface area contributed by atoms with Crippen LogP contribution in [0.4, 0.5) is 0 Å². The number of phosphoric acid groups is 2. The minimum absolute atomic E-state index is 0.0956. The predicted octanol–water partition coefficient (Wildman–Crippen LogP) is 19.0. The number of carbonyl (C=O) groups excluding carboxylic acids is 4. The van der Waals surface area contributed by atoms with Crippen LogP contribution in [0, 0.1) is 17.8 Å². The molecular formula is C69H130O17P2. The van der Waals surface area contributed by atoms with E-state index in [2.05, 4.69) is 72.8 Å². The fourth-order valence-corrected chi connectivity index (χ4v) is 11.3. The maximum absolute atomic E-state index is 13.0. The van der Waals surface area contributed by atoms with Gasteiger partial charge in [0, 0.05) is 25.7 Å². The molecule has 7 atom stereocenters. The van der Waals surface area contributed by atoms with E-state index in [0.29, 0.717) is 37.5 Å². The Morgan fingerprint density at radius 2 is 0.670 bits per heavy atom. The van der Waals surface area contributed by atoms with Gasteiger partial charge in [-0.15, -0.1) is 0 Å². The first-order valence-electron chi connectivity index (χ1n) is 35.2. The van der Waals surface area contributed by atoms with Crippen molar-refractivity contribution in [3.8, 4) is 0 Å². The van der Waals surface area contributed by atoms with Crippen LogP contribution in [-0.2, 0) is 65.4 Å². The maximum atomic E-state index is 13.0. The number of allylic oxidation sites excluding steroid dienone is 4. The lowest BCUT2D eigenvalue weighted by Crippen LogP contribution is -2.30. The number of hydrogen-bond acceptors (Lipinski definition) is 15. The topological polar surface area (TPSA) is 237 Å². The standard InChI is InChI=1S/C69H130O17P2/c1-8-11-12-13-14-15-16-17-18-19-20-24-27-36-43-50-66(71)79-56-65(86-69(74)53-46-39-32-30-35-42-49-62(7)10-3)59-84-88(77,78)82-55-63(70)54-81-87(75,76)83-58-64(57-80-67(72)51-44-37-31-29-33-40-47-60(4)5)85-68(73)52-45-38-28-25-22-21-23-26-34-41-48-61(6)9-2/h15-18,60-65,70H,8-14,19-59H2,1-7H3,(H,75,76)(H,77,78)/b16-15-,18-17-/t61?,62?,63-,64+,65+/m0/s1. The Labute approximate surface area is 535 Å². The minimum Gasteiger partial charge on any atom is -0.462 e. The van der Waals surface area contributed by atoms with E-state index in [1.54, 1.807) is 0 Å². The van der Waals surface area contributed by atoms with Crippen LogP contribution in [0.1, 0.15) is 318 Å². The predicted molar refractivity (Wildman–Crippen MR) is 354 cm³/mol. The Bertz CT molecular complexity index is 1830. The zero-order chi connectivity index (χ0) is 65.2. The van der Waals surface area contributed by atoms with E-state index >= 15 is 0 Å². The number of carbonyl (C=O) groups is 4. The van der Waals surface area contributed by atoms with E-state index in [1.807, 2.05) is 0 Å². The molecule has 0 aliphatic heterocycles. The van der Waals surface area contributed by atoms with Crippen molar-refractivity contribution in [3.05, 3.63) is 24.3 Å². The zero-order valence-corrected chi connectivity index (χ0v) is 58.5. The number of phosphoric ester groups is 2. The molecule has 0 saturated heterocycles. The number of rotatable bonds is 65. The molecule has 0 aliphatic rings. The van der Waals surface area contributed by atoms with Gasteiger partial charge >= 0.3 is 39.5 Å². The van der Waals surface area contributed by atoms with Crippen molar-refractivity contribution in [3.63, 3.8) is 0 Å². The van der Waals surface area contributed by atoms with E-state index in [-0.39, 0.29) is 25.7 Å². The number of unbranched alkanes of at least 4 members (excludes halogenated alkanes) is 28. The highest BCUT2D eigenvalue weighted by Crippen LogP contribution is 2.45. The van der Waals surface area contributed by atoms with Gasteiger partial charge in [0.05, 0.1) is 26.4 Å². The normalized spacial score (nSPS) is 15.0. The highest BCUT2D eigenvalue weighted by Gasteiger charge is 2.30. The number of hydrogen-bond donors (Lipinski definition) is 3. The number of aliphatic hydroxyl groups is 1. The highest BCUT2D eigenvalue weighted by molar-refractivity contribution is 7.47. The fraction of sp³-hybridized carbons (Fsp3) is 0.884. The third-order valence-electron chi connectivity index (χ3n) is 16.0. The van der Waals surface area contributed by atoms with E-state index in [4.69, 9.17) is 37.0 Å². The van der Waals surface area contributed by atoms with Crippen LogP contribution in [-0.4, -0.2) is 96.7 Å². The van der Waals surface area contributed by atoms with Crippen LogP contribution in [0.15, 0.2) is 24.3 Å². The molecule has 88 heavy (non-hydrogen) atoms. The molecule has 17 nitrogen and oxygen atoms in total. The SMILES string of the molecule is CCCCCC/C=C\C=C/CCCCCCCC(=O)OC[C@H](COP(=O)(O)OC[C@@H](O)COP(=O)(O)OC[C@@H](COC(=O)CCCCCCCCC(C)C)OC(=O)CCCCCCCCCCCCC(C)CC)OC(=O)CCCCCCCCC(C)CC. The summed E-state index contributed by atoms with van der Waals surface area (Å²) in [5, 5.41) is 10.6. The molecule has 0 spiro atoms. The second-order valence-electron chi connectivity index (χ2n) is 25.2. The minimum atomic E-state index is -4.96. The van der Waals surface area contributed by atoms with Crippen LogP contribution in [0.2, 0.25) is 0 Å². The lowest BCUT2D eigenvalue weighted by Gasteiger charge is -2.21. The smallest absolute Gasteiger partial charge is 0.462 e. The molecular weight excluding hydrogens is 1160 g/mol. The van der Waals surface area contributed by atoms with Gasteiger partial charge in [-0.05, 0) is 69.1 Å². The van der Waals surface area contributed by atoms with Gasteiger partial charge in [-0.25, -0.2) is 9.13 Å². The van der Waals surface area contributed by atoms with Gasteiger partial charge in [0.1, 0.15) is 19.3 Å².